The minimum Gasteiger partial charge on any atom is -0.504 e. The Hall–Kier alpha value is -1.79. The molecule has 3 rings (SSSR count). The van der Waals surface area contributed by atoms with Gasteiger partial charge in [-0.2, -0.15) is 0 Å². The maximum Gasteiger partial charge on any atom is 0.180 e. The Morgan fingerprint density at radius 1 is 1.35 bits per heavy atom. The number of methoxy groups -OCH3 is 1. The van der Waals surface area contributed by atoms with Crippen LogP contribution in [0.2, 0.25) is 0 Å². The molecule has 1 aromatic carbocycles. The molecule has 0 bridgehead atoms. The van der Waals surface area contributed by atoms with Crippen molar-refractivity contribution in [2.24, 2.45) is 5.92 Å². The topological polar surface area (TPSA) is 80.4 Å². The Morgan fingerprint density at radius 2 is 2.19 bits per heavy atom. The number of aromatic nitrogens is 1. The summed E-state index contributed by atoms with van der Waals surface area (Å²) in [4.78, 5) is 5.83. The number of thiazole rings is 1. The summed E-state index contributed by atoms with van der Waals surface area (Å²) in [7, 11) is 1.58. The van der Waals surface area contributed by atoms with E-state index in [0.717, 1.165) is 49.8 Å². The third-order valence-corrected chi connectivity index (χ3v) is 6.04. The molecule has 2 aromatic rings. The normalized spacial score (nSPS) is 16.4. The highest BCUT2D eigenvalue weighted by Crippen LogP contribution is 2.32. The van der Waals surface area contributed by atoms with Gasteiger partial charge in [0.15, 0.2) is 16.6 Å². The highest BCUT2D eigenvalue weighted by Gasteiger charge is 2.21. The van der Waals surface area contributed by atoms with Crippen molar-refractivity contribution >= 4 is 16.5 Å². The van der Waals surface area contributed by atoms with Crippen molar-refractivity contribution in [3.63, 3.8) is 0 Å². The molecule has 0 fully saturated rings. The highest BCUT2D eigenvalue weighted by molar-refractivity contribution is 7.15. The van der Waals surface area contributed by atoms with Crippen LogP contribution in [0.3, 0.4) is 0 Å². The summed E-state index contributed by atoms with van der Waals surface area (Å²) >= 11 is 1.67. The molecule has 0 spiro atoms. The van der Waals surface area contributed by atoms with E-state index in [-0.39, 0.29) is 5.75 Å². The second kappa shape index (κ2) is 9.24. The predicted molar refractivity (Wildman–Crippen MR) is 107 cm³/mol. The van der Waals surface area contributed by atoms with Gasteiger partial charge in [-0.25, -0.2) is 4.98 Å². The van der Waals surface area contributed by atoms with E-state index in [4.69, 9.17) is 10.5 Å². The largest absolute Gasteiger partial charge is 0.504 e. The van der Waals surface area contributed by atoms with Crippen molar-refractivity contribution in [1.82, 2.24) is 10.3 Å². The molecule has 1 aliphatic rings. The van der Waals surface area contributed by atoms with Crippen molar-refractivity contribution in [3.8, 4) is 11.5 Å². The Kier molecular flexibility index (Phi) is 6.74. The average Bonchev–Trinajstić information content (AvgIpc) is 3.01. The van der Waals surface area contributed by atoms with Gasteiger partial charge in [-0.1, -0.05) is 6.07 Å². The summed E-state index contributed by atoms with van der Waals surface area (Å²) in [6.07, 6.45) is 8.08. The van der Waals surface area contributed by atoms with Gasteiger partial charge in [0.1, 0.15) is 0 Å². The van der Waals surface area contributed by atoms with Crippen molar-refractivity contribution < 1.29 is 9.84 Å². The summed E-state index contributed by atoms with van der Waals surface area (Å²) in [6, 6.07) is 5.58. The number of nitrogen functional groups attached to an aromatic ring is 1. The fourth-order valence-electron chi connectivity index (χ4n) is 3.65. The Morgan fingerprint density at radius 3 is 3.04 bits per heavy atom. The lowest BCUT2D eigenvalue weighted by molar-refractivity contribution is 0.373. The van der Waals surface area contributed by atoms with Crippen LogP contribution >= 0.6 is 11.3 Å². The lowest BCUT2D eigenvalue weighted by Gasteiger charge is -2.20. The fourth-order valence-corrected chi connectivity index (χ4v) is 4.64. The molecule has 1 aromatic heterocycles. The molecule has 0 saturated carbocycles. The first-order valence-electron chi connectivity index (χ1n) is 9.46. The number of phenolic OH excluding ortho intramolecular Hbond substituents is 1. The number of nitrogens with one attached hydrogen (secondary N) is 1. The maximum atomic E-state index is 9.62. The van der Waals surface area contributed by atoms with Gasteiger partial charge in [0.25, 0.3) is 0 Å². The molecule has 0 amide bonds. The number of hydrogen-bond donors (Lipinski definition) is 3. The zero-order valence-corrected chi connectivity index (χ0v) is 16.3. The maximum absolute atomic E-state index is 9.62. The third kappa shape index (κ3) is 5.11. The molecule has 6 heteroatoms. The number of fused-ring (bicyclic) bond motifs is 1. The number of ether oxygens (including phenoxy) is 1. The van der Waals surface area contributed by atoms with E-state index < -0.39 is 0 Å². The van der Waals surface area contributed by atoms with Crippen LogP contribution in [-0.4, -0.2) is 30.3 Å². The SMILES string of the molecule is COc1cc(CCCNCCCC2CCc3nc(N)sc3C2)ccc1O. The summed E-state index contributed by atoms with van der Waals surface area (Å²) in [5, 5.41) is 13.9. The van der Waals surface area contributed by atoms with E-state index >= 15 is 0 Å². The summed E-state index contributed by atoms with van der Waals surface area (Å²) in [5.74, 6) is 1.53. The molecule has 0 saturated heterocycles. The highest BCUT2D eigenvalue weighted by atomic mass is 32.1. The van der Waals surface area contributed by atoms with Gasteiger partial charge in [-0.3, -0.25) is 0 Å². The predicted octanol–water partition coefficient (Wildman–Crippen LogP) is 3.55. The van der Waals surface area contributed by atoms with Crippen LogP contribution in [0.15, 0.2) is 18.2 Å². The molecule has 1 atom stereocenters. The van der Waals surface area contributed by atoms with Crippen LogP contribution in [-0.2, 0) is 19.3 Å². The first-order chi connectivity index (χ1) is 12.7. The van der Waals surface area contributed by atoms with Gasteiger partial charge in [0.2, 0.25) is 0 Å². The van der Waals surface area contributed by atoms with E-state index in [2.05, 4.69) is 10.3 Å². The smallest absolute Gasteiger partial charge is 0.180 e. The van der Waals surface area contributed by atoms with E-state index in [1.165, 1.54) is 35.4 Å². The van der Waals surface area contributed by atoms with Crippen molar-refractivity contribution in [2.45, 2.75) is 44.9 Å². The Balaban J connectivity index is 1.27. The van der Waals surface area contributed by atoms with Crippen LogP contribution in [0, 0.1) is 5.92 Å². The Bertz CT molecular complexity index is 717. The molecule has 142 valence electrons. The lowest BCUT2D eigenvalue weighted by atomic mass is 9.88. The van der Waals surface area contributed by atoms with Gasteiger partial charge in [0.05, 0.1) is 12.8 Å². The number of phenols is 1. The zero-order valence-electron chi connectivity index (χ0n) is 15.5. The van der Waals surface area contributed by atoms with Gasteiger partial charge in [0, 0.05) is 4.88 Å². The zero-order chi connectivity index (χ0) is 18.4. The van der Waals surface area contributed by atoms with Crippen molar-refractivity contribution in [3.05, 3.63) is 34.3 Å². The number of nitrogens with two attached hydrogens (primary N) is 1. The van der Waals surface area contributed by atoms with E-state index in [0.29, 0.717) is 5.75 Å². The van der Waals surface area contributed by atoms with E-state index in [1.54, 1.807) is 24.5 Å². The number of benzene rings is 1. The minimum atomic E-state index is 0.199. The molecule has 1 aliphatic carbocycles. The van der Waals surface area contributed by atoms with Crippen LogP contribution < -0.4 is 15.8 Å². The van der Waals surface area contributed by atoms with Crippen molar-refractivity contribution in [1.29, 1.82) is 0 Å². The standard InChI is InChI=1S/C20H29N3O2S/c1-25-18-12-14(7-9-17(18)24)4-2-10-22-11-3-5-15-6-8-16-19(13-15)26-20(21)23-16/h7,9,12,15,22,24H,2-6,8,10-11,13H2,1H3,(H2,21,23). The second-order valence-electron chi connectivity index (χ2n) is 7.03. The summed E-state index contributed by atoms with van der Waals surface area (Å²) in [6.45, 7) is 2.09. The molecular weight excluding hydrogens is 346 g/mol. The second-order valence-corrected chi connectivity index (χ2v) is 8.15. The molecule has 0 aliphatic heterocycles. The molecule has 1 heterocycles. The van der Waals surface area contributed by atoms with E-state index in [1.807, 2.05) is 12.1 Å². The molecule has 4 N–H and O–H groups in total. The number of aromatic hydroxyl groups is 1. The average molecular weight is 376 g/mol. The van der Waals surface area contributed by atoms with Crippen LogP contribution in [0.5, 0.6) is 11.5 Å². The number of anilines is 1. The molecule has 26 heavy (non-hydrogen) atoms. The third-order valence-electron chi connectivity index (χ3n) is 5.09. The summed E-state index contributed by atoms with van der Waals surface area (Å²) in [5.41, 5.74) is 8.26. The van der Waals surface area contributed by atoms with Crippen LogP contribution in [0.1, 0.15) is 41.8 Å². The minimum absolute atomic E-state index is 0.199. The van der Waals surface area contributed by atoms with Gasteiger partial charge in [-0.15, -0.1) is 11.3 Å². The monoisotopic (exact) mass is 375 g/mol. The first kappa shape index (κ1) is 19.0. The molecule has 1 unspecified atom stereocenters. The molecule has 5 nitrogen and oxygen atoms in total. The quantitative estimate of drug-likeness (QED) is 0.584. The van der Waals surface area contributed by atoms with Gasteiger partial charge < -0.3 is 20.9 Å². The van der Waals surface area contributed by atoms with Gasteiger partial charge >= 0.3 is 0 Å². The Labute approximate surface area is 159 Å². The first-order valence-corrected chi connectivity index (χ1v) is 10.3. The summed E-state index contributed by atoms with van der Waals surface area (Å²) < 4.78 is 5.15. The molecule has 0 radical (unpaired) electrons. The fraction of sp³-hybridized carbons (Fsp3) is 0.550. The van der Waals surface area contributed by atoms with Crippen LogP contribution in [0.4, 0.5) is 5.13 Å². The molecular formula is C20H29N3O2S. The van der Waals surface area contributed by atoms with Crippen LogP contribution in [0.25, 0.3) is 0 Å². The number of nitrogens with zero attached hydrogens (tertiary/aromatic N) is 1. The number of hydrogen-bond acceptors (Lipinski definition) is 6. The lowest BCUT2D eigenvalue weighted by Crippen LogP contribution is -2.19. The van der Waals surface area contributed by atoms with Crippen molar-refractivity contribution in [2.75, 3.05) is 25.9 Å². The van der Waals surface area contributed by atoms with E-state index in [9.17, 15) is 5.11 Å². The number of rotatable bonds is 9. The van der Waals surface area contributed by atoms with Gasteiger partial charge in [-0.05, 0) is 81.6 Å². The number of aryl methyl sites for hydroxylation is 2.